The topological polar surface area (TPSA) is 50.4 Å². The summed E-state index contributed by atoms with van der Waals surface area (Å²) in [5.41, 5.74) is 1.29. The zero-order chi connectivity index (χ0) is 14.3. The van der Waals surface area contributed by atoms with Gasteiger partial charge in [0.1, 0.15) is 11.4 Å². The van der Waals surface area contributed by atoms with Crippen LogP contribution in [0.3, 0.4) is 0 Å². The van der Waals surface area contributed by atoms with E-state index in [1.807, 2.05) is 6.92 Å². The summed E-state index contributed by atoms with van der Waals surface area (Å²) in [7, 11) is 0. The number of hydrogen-bond donors (Lipinski definition) is 1. The lowest BCUT2D eigenvalue weighted by atomic mass is 10.1. The summed E-state index contributed by atoms with van der Waals surface area (Å²) in [6, 6.07) is 10.5. The van der Waals surface area contributed by atoms with Gasteiger partial charge in [-0.15, -0.1) is 0 Å². The minimum atomic E-state index is -0.495. The van der Waals surface area contributed by atoms with E-state index in [4.69, 9.17) is 4.42 Å². The molecule has 1 N–H and O–H groups in total. The molecule has 2 aromatic carbocycles. The van der Waals surface area contributed by atoms with Crippen molar-refractivity contribution in [3.8, 4) is 17.1 Å². The van der Waals surface area contributed by atoms with Crippen LogP contribution >= 0.6 is 0 Å². The molecule has 0 saturated carbocycles. The van der Waals surface area contributed by atoms with Crippen LogP contribution in [0.25, 0.3) is 22.3 Å². The fraction of sp³-hybridized carbons (Fsp3) is 0.0625. The number of aromatic hydroxyl groups is 1. The molecule has 0 fully saturated rings. The molecule has 100 valence electrons. The van der Waals surface area contributed by atoms with Gasteiger partial charge in [-0.25, -0.2) is 4.39 Å². The number of aryl methyl sites for hydroxylation is 1. The predicted octanol–water partition coefficient (Wildman–Crippen LogP) is 3.61. The third kappa shape index (κ3) is 1.95. The molecule has 0 aliphatic heterocycles. The Labute approximate surface area is 113 Å². The van der Waals surface area contributed by atoms with Gasteiger partial charge in [0.2, 0.25) is 11.2 Å². The maximum absolute atomic E-state index is 12.9. The highest BCUT2D eigenvalue weighted by Gasteiger charge is 2.15. The van der Waals surface area contributed by atoms with Crippen molar-refractivity contribution in [3.63, 3.8) is 0 Å². The molecule has 0 spiro atoms. The lowest BCUT2D eigenvalue weighted by Crippen LogP contribution is -2.02. The van der Waals surface area contributed by atoms with E-state index < -0.39 is 17.0 Å². The molecule has 0 aliphatic carbocycles. The van der Waals surface area contributed by atoms with Crippen LogP contribution in [0.2, 0.25) is 0 Å². The summed E-state index contributed by atoms with van der Waals surface area (Å²) in [5.74, 6) is -0.812. The van der Waals surface area contributed by atoms with Crippen LogP contribution in [-0.2, 0) is 0 Å². The second-order valence-corrected chi connectivity index (χ2v) is 4.62. The van der Waals surface area contributed by atoms with Gasteiger partial charge in [-0.2, -0.15) is 0 Å². The molecule has 3 aromatic rings. The average molecular weight is 270 g/mol. The monoisotopic (exact) mass is 270 g/mol. The van der Waals surface area contributed by atoms with Crippen LogP contribution in [0, 0.1) is 12.7 Å². The predicted molar refractivity (Wildman–Crippen MR) is 74.3 cm³/mol. The summed E-state index contributed by atoms with van der Waals surface area (Å²) in [6.07, 6.45) is 0. The van der Waals surface area contributed by atoms with Crippen molar-refractivity contribution >= 4 is 11.0 Å². The first-order chi connectivity index (χ1) is 9.56. The van der Waals surface area contributed by atoms with E-state index in [0.29, 0.717) is 16.5 Å². The molecule has 0 saturated heterocycles. The number of rotatable bonds is 1. The highest BCUT2D eigenvalue weighted by Crippen LogP contribution is 2.30. The highest BCUT2D eigenvalue weighted by atomic mass is 19.1. The zero-order valence-corrected chi connectivity index (χ0v) is 10.7. The molecule has 0 radical (unpaired) electrons. The van der Waals surface area contributed by atoms with Gasteiger partial charge in [-0.05, 0) is 48.9 Å². The van der Waals surface area contributed by atoms with Crippen molar-refractivity contribution in [2.24, 2.45) is 0 Å². The van der Waals surface area contributed by atoms with Gasteiger partial charge >= 0.3 is 0 Å². The first-order valence-electron chi connectivity index (χ1n) is 6.08. The van der Waals surface area contributed by atoms with Gasteiger partial charge < -0.3 is 9.52 Å². The molecule has 0 amide bonds. The van der Waals surface area contributed by atoms with Crippen molar-refractivity contribution in [1.82, 2.24) is 0 Å². The second-order valence-electron chi connectivity index (χ2n) is 4.62. The first kappa shape index (κ1) is 12.4. The molecule has 0 aliphatic rings. The Morgan fingerprint density at radius 3 is 2.50 bits per heavy atom. The minimum absolute atomic E-state index is 0.0492. The third-order valence-electron chi connectivity index (χ3n) is 3.13. The van der Waals surface area contributed by atoms with Gasteiger partial charge in [0.05, 0.1) is 5.39 Å². The minimum Gasteiger partial charge on any atom is -0.502 e. The Morgan fingerprint density at radius 1 is 1.10 bits per heavy atom. The Morgan fingerprint density at radius 2 is 1.80 bits per heavy atom. The molecule has 3 nitrogen and oxygen atoms in total. The molecule has 20 heavy (non-hydrogen) atoms. The fourth-order valence-electron chi connectivity index (χ4n) is 2.09. The molecule has 1 heterocycles. The van der Waals surface area contributed by atoms with E-state index >= 15 is 0 Å². The van der Waals surface area contributed by atoms with Crippen molar-refractivity contribution in [1.29, 1.82) is 0 Å². The van der Waals surface area contributed by atoms with Gasteiger partial charge in [0, 0.05) is 5.56 Å². The largest absolute Gasteiger partial charge is 0.502 e. The Hall–Kier alpha value is -2.62. The highest BCUT2D eigenvalue weighted by molar-refractivity contribution is 5.82. The smallest absolute Gasteiger partial charge is 0.235 e. The standard InChI is InChI=1S/C16H11FO3/c1-9-2-7-12-13(8-9)20-16(15(19)14(12)18)10-3-5-11(17)6-4-10/h2-8,19H,1H3. The van der Waals surface area contributed by atoms with E-state index in [1.54, 1.807) is 18.2 Å². The summed E-state index contributed by atoms with van der Waals surface area (Å²) in [5, 5.41) is 10.3. The Balaban J connectivity index is 2.33. The van der Waals surface area contributed by atoms with E-state index in [-0.39, 0.29) is 5.76 Å². The Bertz CT molecular complexity index is 848. The summed E-state index contributed by atoms with van der Waals surface area (Å²) in [4.78, 5) is 12.1. The van der Waals surface area contributed by atoms with E-state index in [0.717, 1.165) is 5.56 Å². The third-order valence-corrected chi connectivity index (χ3v) is 3.13. The number of halogens is 1. The molecule has 4 heteroatoms. The van der Waals surface area contributed by atoms with Gasteiger partial charge in [0.15, 0.2) is 5.76 Å². The second kappa shape index (κ2) is 4.49. The lowest BCUT2D eigenvalue weighted by Gasteiger charge is -2.06. The normalized spacial score (nSPS) is 10.9. The van der Waals surface area contributed by atoms with Gasteiger partial charge in [0.25, 0.3) is 0 Å². The van der Waals surface area contributed by atoms with E-state index in [1.165, 1.54) is 24.3 Å². The van der Waals surface area contributed by atoms with Gasteiger partial charge in [-0.1, -0.05) is 6.07 Å². The number of fused-ring (bicyclic) bond motifs is 1. The average Bonchev–Trinajstić information content (AvgIpc) is 2.44. The first-order valence-corrected chi connectivity index (χ1v) is 6.08. The molecule has 0 atom stereocenters. The maximum Gasteiger partial charge on any atom is 0.235 e. The van der Waals surface area contributed by atoms with Crippen LogP contribution in [0.5, 0.6) is 5.75 Å². The molecule has 3 rings (SSSR count). The number of hydrogen-bond acceptors (Lipinski definition) is 3. The van der Waals surface area contributed by atoms with Crippen molar-refractivity contribution in [2.75, 3.05) is 0 Å². The van der Waals surface area contributed by atoms with Crippen LogP contribution in [0.1, 0.15) is 5.56 Å². The quantitative estimate of drug-likeness (QED) is 0.734. The van der Waals surface area contributed by atoms with Crippen molar-refractivity contribution < 1.29 is 13.9 Å². The molecule has 0 bridgehead atoms. The maximum atomic E-state index is 12.9. The van der Waals surface area contributed by atoms with Crippen LogP contribution < -0.4 is 5.43 Å². The lowest BCUT2D eigenvalue weighted by molar-refractivity contribution is 0.449. The number of benzene rings is 2. The molecular formula is C16H11FO3. The SMILES string of the molecule is Cc1ccc2c(=O)c(O)c(-c3ccc(F)cc3)oc2c1. The molecular weight excluding hydrogens is 259 g/mol. The summed E-state index contributed by atoms with van der Waals surface area (Å²) < 4.78 is 18.5. The van der Waals surface area contributed by atoms with Crippen LogP contribution in [0.4, 0.5) is 4.39 Å². The summed E-state index contributed by atoms with van der Waals surface area (Å²) >= 11 is 0. The van der Waals surface area contributed by atoms with Crippen LogP contribution in [-0.4, -0.2) is 5.11 Å². The van der Waals surface area contributed by atoms with Gasteiger partial charge in [-0.3, -0.25) is 4.79 Å². The van der Waals surface area contributed by atoms with E-state index in [2.05, 4.69) is 0 Å². The molecule has 1 aromatic heterocycles. The van der Waals surface area contributed by atoms with Crippen LogP contribution in [0.15, 0.2) is 51.7 Å². The van der Waals surface area contributed by atoms with E-state index in [9.17, 15) is 14.3 Å². The molecule has 0 unspecified atom stereocenters. The Kier molecular flexibility index (Phi) is 2.79. The zero-order valence-electron chi connectivity index (χ0n) is 10.7. The van der Waals surface area contributed by atoms with Crippen molar-refractivity contribution in [2.45, 2.75) is 6.92 Å². The van der Waals surface area contributed by atoms with Crippen molar-refractivity contribution in [3.05, 3.63) is 64.1 Å². The fourth-order valence-corrected chi connectivity index (χ4v) is 2.09. The summed E-state index contributed by atoms with van der Waals surface area (Å²) in [6.45, 7) is 1.88.